The van der Waals surface area contributed by atoms with Crippen molar-refractivity contribution < 1.29 is 19.1 Å². The molecule has 0 N–H and O–H groups in total. The number of carbonyl (C=O) groups excluding carboxylic acids is 2. The Labute approximate surface area is 177 Å². The van der Waals surface area contributed by atoms with Gasteiger partial charge in [0, 0.05) is 35.7 Å². The Morgan fingerprint density at radius 3 is 2.07 bits per heavy atom. The van der Waals surface area contributed by atoms with Gasteiger partial charge in [-0.3, -0.25) is 14.5 Å². The van der Waals surface area contributed by atoms with Crippen molar-refractivity contribution in [3.05, 3.63) is 65.4 Å². The molecular weight excluding hydrogens is 378 g/mol. The van der Waals surface area contributed by atoms with E-state index in [1.807, 2.05) is 62.4 Å². The van der Waals surface area contributed by atoms with Gasteiger partial charge >= 0.3 is 0 Å². The molecule has 1 heterocycles. The van der Waals surface area contributed by atoms with Gasteiger partial charge in [-0.25, -0.2) is 0 Å². The van der Waals surface area contributed by atoms with Crippen molar-refractivity contribution in [3.8, 4) is 11.5 Å². The molecule has 0 saturated heterocycles. The summed E-state index contributed by atoms with van der Waals surface area (Å²) in [6.45, 7) is 5.08. The van der Waals surface area contributed by atoms with Crippen molar-refractivity contribution in [2.24, 2.45) is 0 Å². The lowest BCUT2D eigenvalue weighted by atomic mass is 9.77. The Balaban J connectivity index is 1.72. The van der Waals surface area contributed by atoms with E-state index in [0.29, 0.717) is 19.6 Å². The van der Waals surface area contributed by atoms with Crippen LogP contribution < -0.4 is 14.4 Å². The molecule has 0 saturated carbocycles. The van der Waals surface area contributed by atoms with E-state index >= 15 is 0 Å². The lowest BCUT2D eigenvalue weighted by Gasteiger charge is -2.38. The summed E-state index contributed by atoms with van der Waals surface area (Å²) in [6.07, 6.45) is 2.32. The molecule has 1 aliphatic carbocycles. The summed E-state index contributed by atoms with van der Waals surface area (Å²) in [5.74, 6) is 1.54. The molecule has 5 nitrogen and oxygen atoms in total. The molecular formula is C25H27NO4. The number of benzene rings is 2. The minimum atomic E-state index is -0.199. The van der Waals surface area contributed by atoms with Crippen LogP contribution >= 0.6 is 0 Å². The summed E-state index contributed by atoms with van der Waals surface area (Å²) in [7, 11) is 0. The van der Waals surface area contributed by atoms with Crippen LogP contribution in [0.4, 0.5) is 5.69 Å². The molecule has 0 radical (unpaired) electrons. The number of hydrogen-bond donors (Lipinski definition) is 0. The summed E-state index contributed by atoms with van der Waals surface area (Å²) in [4.78, 5) is 28.0. The van der Waals surface area contributed by atoms with E-state index in [4.69, 9.17) is 9.47 Å². The highest BCUT2D eigenvalue weighted by Crippen LogP contribution is 2.43. The first-order chi connectivity index (χ1) is 14.6. The minimum absolute atomic E-state index is 0.0199. The molecule has 5 heteroatoms. The van der Waals surface area contributed by atoms with Crippen molar-refractivity contribution in [1.82, 2.24) is 0 Å². The quantitative estimate of drug-likeness (QED) is 0.678. The normalized spacial score (nSPS) is 19.0. The van der Waals surface area contributed by atoms with Crippen LogP contribution in [-0.4, -0.2) is 24.9 Å². The number of Topliss-reactive ketones (excluding diaryl/α,β-unsaturated/α-hetero) is 1. The molecule has 156 valence electrons. The maximum atomic E-state index is 13.2. The number of carbonyl (C=O) groups is 2. The average molecular weight is 405 g/mol. The van der Waals surface area contributed by atoms with Crippen LogP contribution in [0.25, 0.3) is 0 Å². The summed E-state index contributed by atoms with van der Waals surface area (Å²) in [5.41, 5.74) is 3.42. The van der Waals surface area contributed by atoms with E-state index in [1.54, 1.807) is 4.90 Å². The zero-order valence-corrected chi connectivity index (χ0v) is 17.5. The number of hydrogen-bond acceptors (Lipinski definition) is 4. The molecule has 0 fully saturated rings. The number of ether oxygens (including phenoxy) is 2. The van der Waals surface area contributed by atoms with Crippen molar-refractivity contribution in [1.29, 1.82) is 0 Å². The van der Waals surface area contributed by atoms with E-state index in [0.717, 1.165) is 46.9 Å². The Bertz CT molecular complexity index is 960. The fourth-order valence-electron chi connectivity index (χ4n) is 4.40. The predicted octanol–water partition coefficient (Wildman–Crippen LogP) is 5.01. The Morgan fingerprint density at radius 2 is 1.47 bits per heavy atom. The SMILES string of the molecule is CCOc1ccc(C2CC(=O)N(c3ccc(OCC)cc3)C3=C2C(=O)CCC3)cc1. The van der Waals surface area contributed by atoms with Gasteiger partial charge in [0.2, 0.25) is 5.91 Å². The summed E-state index contributed by atoms with van der Waals surface area (Å²) in [6, 6.07) is 15.3. The Kier molecular flexibility index (Phi) is 5.88. The second-order valence-corrected chi connectivity index (χ2v) is 7.55. The summed E-state index contributed by atoms with van der Waals surface area (Å²) in [5, 5.41) is 0. The predicted molar refractivity (Wildman–Crippen MR) is 116 cm³/mol. The standard InChI is InChI=1S/C25H27NO4/c1-3-29-19-12-8-17(9-13-19)21-16-24(28)26(22-6-5-7-23(27)25(21)22)18-10-14-20(15-11-18)30-4-2/h8-15,21H,3-7,16H2,1-2H3. The van der Waals surface area contributed by atoms with Crippen LogP contribution in [0.3, 0.4) is 0 Å². The van der Waals surface area contributed by atoms with Gasteiger partial charge in [-0.05, 0) is 68.7 Å². The monoisotopic (exact) mass is 405 g/mol. The van der Waals surface area contributed by atoms with Crippen LogP contribution in [0.2, 0.25) is 0 Å². The third-order valence-electron chi connectivity index (χ3n) is 5.67. The van der Waals surface area contributed by atoms with Crippen LogP contribution in [0.5, 0.6) is 11.5 Å². The largest absolute Gasteiger partial charge is 0.494 e. The molecule has 1 aliphatic heterocycles. The fraction of sp³-hybridized carbons (Fsp3) is 0.360. The first-order valence-electron chi connectivity index (χ1n) is 10.7. The van der Waals surface area contributed by atoms with Gasteiger partial charge in [0.1, 0.15) is 11.5 Å². The number of amides is 1. The van der Waals surface area contributed by atoms with Gasteiger partial charge in [-0.1, -0.05) is 12.1 Å². The molecule has 30 heavy (non-hydrogen) atoms. The van der Waals surface area contributed by atoms with Crippen LogP contribution in [0.1, 0.15) is 51.0 Å². The van der Waals surface area contributed by atoms with Crippen LogP contribution in [0, 0.1) is 0 Å². The molecule has 2 aromatic carbocycles. The van der Waals surface area contributed by atoms with Gasteiger partial charge < -0.3 is 9.47 Å². The second kappa shape index (κ2) is 8.74. The second-order valence-electron chi connectivity index (χ2n) is 7.55. The van der Waals surface area contributed by atoms with Crippen molar-refractivity contribution in [2.75, 3.05) is 18.1 Å². The maximum Gasteiger partial charge on any atom is 0.232 e. The Morgan fingerprint density at radius 1 is 0.867 bits per heavy atom. The lowest BCUT2D eigenvalue weighted by Crippen LogP contribution is -2.40. The van der Waals surface area contributed by atoms with Gasteiger partial charge in [-0.2, -0.15) is 0 Å². The van der Waals surface area contributed by atoms with Crippen molar-refractivity contribution in [3.63, 3.8) is 0 Å². The highest BCUT2D eigenvalue weighted by molar-refractivity contribution is 6.07. The number of ketones is 1. The number of anilines is 1. The van der Waals surface area contributed by atoms with Crippen molar-refractivity contribution >= 4 is 17.4 Å². The molecule has 0 spiro atoms. The van der Waals surface area contributed by atoms with Gasteiger partial charge in [0.15, 0.2) is 5.78 Å². The number of allylic oxidation sites excluding steroid dienone is 2. The zero-order chi connectivity index (χ0) is 21.1. The highest BCUT2D eigenvalue weighted by Gasteiger charge is 2.39. The number of rotatable bonds is 6. The van der Waals surface area contributed by atoms with E-state index in [-0.39, 0.29) is 24.0 Å². The number of nitrogens with zero attached hydrogens (tertiary/aromatic N) is 1. The lowest BCUT2D eigenvalue weighted by molar-refractivity contribution is -0.119. The molecule has 1 unspecified atom stereocenters. The smallest absolute Gasteiger partial charge is 0.232 e. The average Bonchev–Trinajstić information content (AvgIpc) is 2.75. The third kappa shape index (κ3) is 3.84. The molecule has 4 rings (SSSR count). The van der Waals surface area contributed by atoms with E-state index in [9.17, 15) is 9.59 Å². The third-order valence-corrected chi connectivity index (χ3v) is 5.67. The van der Waals surface area contributed by atoms with Crippen LogP contribution in [0.15, 0.2) is 59.8 Å². The topological polar surface area (TPSA) is 55.8 Å². The van der Waals surface area contributed by atoms with Gasteiger partial charge in [0.25, 0.3) is 0 Å². The van der Waals surface area contributed by atoms with Gasteiger partial charge in [0.05, 0.1) is 13.2 Å². The minimum Gasteiger partial charge on any atom is -0.494 e. The molecule has 0 aromatic heterocycles. The zero-order valence-electron chi connectivity index (χ0n) is 17.5. The fourth-order valence-corrected chi connectivity index (χ4v) is 4.40. The van der Waals surface area contributed by atoms with E-state index in [2.05, 4.69) is 0 Å². The van der Waals surface area contributed by atoms with Crippen LogP contribution in [-0.2, 0) is 9.59 Å². The first-order valence-corrected chi connectivity index (χ1v) is 10.7. The highest BCUT2D eigenvalue weighted by atomic mass is 16.5. The maximum absolute atomic E-state index is 13.2. The Hall–Kier alpha value is -3.08. The van der Waals surface area contributed by atoms with E-state index in [1.165, 1.54) is 0 Å². The summed E-state index contributed by atoms with van der Waals surface area (Å²) >= 11 is 0. The summed E-state index contributed by atoms with van der Waals surface area (Å²) < 4.78 is 11.1. The van der Waals surface area contributed by atoms with Gasteiger partial charge in [-0.15, -0.1) is 0 Å². The van der Waals surface area contributed by atoms with Crippen molar-refractivity contribution in [2.45, 2.75) is 45.4 Å². The molecule has 2 aliphatic rings. The molecule has 1 atom stereocenters. The molecule has 0 bridgehead atoms. The first kappa shape index (κ1) is 20.2. The molecule has 2 aromatic rings. The molecule has 1 amide bonds. The van der Waals surface area contributed by atoms with E-state index < -0.39 is 0 Å².